The zero-order valence-electron chi connectivity index (χ0n) is 16.9. The van der Waals surface area contributed by atoms with E-state index in [-0.39, 0.29) is 19.2 Å². The molecule has 1 aliphatic rings. The number of aliphatic imine (C=N–C) groups is 1. The van der Waals surface area contributed by atoms with Crippen LogP contribution in [-0.4, -0.2) is 49.9 Å². The van der Waals surface area contributed by atoms with E-state index in [4.69, 9.17) is 9.47 Å². The highest BCUT2D eigenvalue weighted by atomic mass is 16.5. The lowest BCUT2D eigenvalue weighted by molar-refractivity contribution is -0.146. The van der Waals surface area contributed by atoms with Crippen molar-refractivity contribution in [1.29, 1.82) is 0 Å². The van der Waals surface area contributed by atoms with Gasteiger partial charge >= 0.3 is 11.9 Å². The maximum Gasteiger partial charge on any atom is 0.338 e. The molecule has 0 saturated carbocycles. The maximum atomic E-state index is 12.9. The number of carbonyl (C=O) groups is 2. The van der Waals surface area contributed by atoms with Gasteiger partial charge in [-0.3, -0.25) is 4.79 Å². The van der Waals surface area contributed by atoms with Crippen molar-refractivity contribution < 1.29 is 19.1 Å². The number of carbonyl (C=O) groups excluding carboxylic acids is 2. The van der Waals surface area contributed by atoms with Gasteiger partial charge in [-0.25, -0.2) is 9.79 Å². The Hall–Kier alpha value is -2.63. The van der Waals surface area contributed by atoms with Crippen molar-refractivity contribution in [2.75, 3.05) is 27.3 Å². The predicted molar refractivity (Wildman–Crippen MR) is 104 cm³/mol. The molecule has 6 heteroatoms. The van der Waals surface area contributed by atoms with Gasteiger partial charge < -0.3 is 14.4 Å². The molecule has 6 nitrogen and oxygen atoms in total. The summed E-state index contributed by atoms with van der Waals surface area (Å²) in [7, 11) is 3.65. The van der Waals surface area contributed by atoms with Crippen LogP contribution in [0.3, 0.4) is 0 Å². The normalized spacial score (nSPS) is 19.4. The highest BCUT2D eigenvalue weighted by Crippen LogP contribution is 2.41. The van der Waals surface area contributed by atoms with E-state index in [1.807, 2.05) is 45.3 Å². The SMILES string of the molecule is CCOC(=O)C1=C(N(C)C)N=C(C)C(C(=O)OCC)C1c1ccccc1C. The summed E-state index contributed by atoms with van der Waals surface area (Å²) in [6.45, 7) is 7.81. The van der Waals surface area contributed by atoms with Crippen molar-refractivity contribution in [1.82, 2.24) is 4.90 Å². The van der Waals surface area contributed by atoms with Gasteiger partial charge in [0.1, 0.15) is 11.7 Å². The number of nitrogens with zero attached hydrogens (tertiary/aromatic N) is 2. The molecule has 0 saturated heterocycles. The first-order valence-corrected chi connectivity index (χ1v) is 9.19. The lowest BCUT2D eigenvalue weighted by Crippen LogP contribution is -2.39. The first-order chi connectivity index (χ1) is 12.8. The molecule has 2 unspecified atom stereocenters. The predicted octanol–water partition coefficient (Wildman–Crippen LogP) is 3.07. The molecule has 1 aliphatic heterocycles. The van der Waals surface area contributed by atoms with Crippen LogP contribution in [0.25, 0.3) is 0 Å². The largest absolute Gasteiger partial charge is 0.465 e. The number of rotatable bonds is 6. The molecule has 0 radical (unpaired) electrons. The minimum absolute atomic E-state index is 0.246. The van der Waals surface area contributed by atoms with Crippen LogP contribution in [0.2, 0.25) is 0 Å². The Bertz CT molecular complexity index is 780. The molecule has 27 heavy (non-hydrogen) atoms. The van der Waals surface area contributed by atoms with E-state index in [9.17, 15) is 9.59 Å². The first kappa shape index (κ1) is 20.7. The smallest absolute Gasteiger partial charge is 0.338 e. The molecule has 0 bridgehead atoms. The molecule has 2 atom stereocenters. The Labute approximate surface area is 160 Å². The third kappa shape index (κ3) is 4.21. The maximum absolute atomic E-state index is 12.9. The monoisotopic (exact) mass is 372 g/mol. The van der Waals surface area contributed by atoms with Crippen LogP contribution in [0, 0.1) is 12.8 Å². The van der Waals surface area contributed by atoms with E-state index in [1.54, 1.807) is 25.7 Å². The Morgan fingerprint density at radius 1 is 1.07 bits per heavy atom. The average Bonchev–Trinajstić information content (AvgIpc) is 2.61. The van der Waals surface area contributed by atoms with Gasteiger partial charge in [-0.1, -0.05) is 24.3 Å². The summed E-state index contributed by atoms with van der Waals surface area (Å²) in [6.07, 6.45) is 0. The molecule has 1 heterocycles. The van der Waals surface area contributed by atoms with Crippen LogP contribution < -0.4 is 0 Å². The van der Waals surface area contributed by atoms with E-state index in [0.717, 1.165) is 11.1 Å². The van der Waals surface area contributed by atoms with E-state index in [2.05, 4.69) is 4.99 Å². The molecule has 0 spiro atoms. The summed E-state index contributed by atoms with van der Waals surface area (Å²) < 4.78 is 10.7. The summed E-state index contributed by atoms with van der Waals surface area (Å²) in [5.74, 6) is -1.51. The quantitative estimate of drug-likeness (QED) is 0.718. The van der Waals surface area contributed by atoms with E-state index in [0.29, 0.717) is 17.1 Å². The Kier molecular flexibility index (Phi) is 6.77. The molecular weight excluding hydrogens is 344 g/mol. The molecule has 146 valence electrons. The molecule has 0 amide bonds. The van der Waals surface area contributed by atoms with Crippen LogP contribution in [0.4, 0.5) is 0 Å². The number of ether oxygens (including phenoxy) is 2. The highest BCUT2D eigenvalue weighted by molar-refractivity contribution is 6.07. The number of benzene rings is 1. The van der Waals surface area contributed by atoms with Gasteiger partial charge in [0, 0.05) is 25.7 Å². The van der Waals surface area contributed by atoms with E-state index >= 15 is 0 Å². The second-order valence-corrected chi connectivity index (χ2v) is 6.67. The van der Waals surface area contributed by atoms with Crippen LogP contribution in [0.15, 0.2) is 40.7 Å². The molecule has 0 aliphatic carbocycles. The molecule has 0 aromatic heterocycles. The molecule has 1 aromatic rings. The Morgan fingerprint density at radius 3 is 2.26 bits per heavy atom. The zero-order chi connectivity index (χ0) is 20.1. The van der Waals surface area contributed by atoms with Gasteiger partial charge in [0.2, 0.25) is 0 Å². The van der Waals surface area contributed by atoms with Gasteiger partial charge in [-0.15, -0.1) is 0 Å². The molecule has 2 rings (SSSR count). The fourth-order valence-corrected chi connectivity index (χ4v) is 3.42. The van der Waals surface area contributed by atoms with Crippen LogP contribution in [0.1, 0.15) is 37.8 Å². The minimum Gasteiger partial charge on any atom is -0.465 e. The van der Waals surface area contributed by atoms with Crippen molar-refractivity contribution in [3.63, 3.8) is 0 Å². The highest BCUT2D eigenvalue weighted by Gasteiger charge is 2.44. The van der Waals surface area contributed by atoms with Crippen molar-refractivity contribution in [2.24, 2.45) is 10.9 Å². The summed E-state index contributed by atoms with van der Waals surface area (Å²) in [6, 6.07) is 7.75. The summed E-state index contributed by atoms with van der Waals surface area (Å²) >= 11 is 0. The summed E-state index contributed by atoms with van der Waals surface area (Å²) in [5, 5.41) is 0. The third-order valence-electron chi connectivity index (χ3n) is 4.60. The van der Waals surface area contributed by atoms with Crippen LogP contribution >= 0.6 is 0 Å². The van der Waals surface area contributed by atoms with Crippen molar-refractivity contribution in [3.05, 3.63) is 46.8 Å². The third-order valence-corrected chi connectivity index (χ3v) is 4.60. The lowest BCUT2D eigenvalue weighted by atomic mass is 9.75. The average molecular weight is 372 g/mol. The number of aryl methyl sites for hydroxylation is 1. The molecule has 0 N–H and O–H groups in total. The topological polar surface area (TPSA) is 68.2 Å². The minimum atomic E-state index is -0.672. The molecular formula is C21H28N2O4. The van der Waals surface area contributed by atoms with Crippen molar-refractivity contribution in [2.45, 2.75) is 33.6 Å². The second kappa shape index (κ2) is 8.84. The summed E-state index contributed by atoms with van der Waals surface area (Å²) in [4.78, 5) is 32.1. The Balaban J connectivity index is 2.76. The first-order valence-electron chi connectivity index (χ1n) is 9.19. The number of esters is 2. The van der Waals surface area contributed by atoms with E-state index < -0.39 is 17.8 Å². The fraction of sp³-hybridized carbons (Fsp3) is 0.476. The van der Waals surface area contributed by atoms with E-state index in [1.165, 1.54) is 0 Å². The van der Waals surface area contributed by atoms with Gasteiger partial charge in [0.15, 0.2) is 0 Å². The van der Waals surface area contributed by atoms with Crippen LogP contribution in [-0.2, 0) is 19.1 Å². The van der Waals surface area contributed by atoms with Crippen molar-refractivity contribution >= 4 is 17.7 Å². The van der Waals surface area contributed by atoms with Gasteiger partial charge in [-0.2, -0.15) is 0 Å². The number of hydrogen-bond acceptors (Lipinski definition) is 6. The van der Waals surface area contributed by atoms with Gasteiger partial charge in [-0.05, 0) is 38.8 Å². The molecule has 1 aromatic carbocycles. The van der Waals surface area contributed by atoms with Crippen LogP contribution in [0.5, 0.6) is 0 Å². The second-order valence-electron chi connectivity index (χ2n) is 6.67. The Morgan fingerprint density at radius 2 is 1.70 bits per heavy atom. The van der Waals surface area contributed by atoms with Crippen molar-refractivity contribution in [3.8, 4) is 0 Å². The van der Waals surface area contributed by atoms with Gasteiger partial charge in [0.25, 0.3) is 0 Å². The summed E-state index contributed by atoms with van der Waals surface area (Å²) in [5.41, 5.74) is 2.90. The van der Waals surface area contributed by atoms with Gasteiger partial charge in [0.05, 0.1) is 18.8 Å². The lowest BCUT2D eigenvalue weighted by Gasteiger charge is -2.34. The molecule has 0 fully saturated rings. The fourth-order valence-electron chi connectivity index (χ4n) is 3.42. The zero-order valence-corrected chi connectivity index (χ0v) is 16.9. The number of hydrogen-bond donors (Lipinski definition) is 0. The standard InChI is InChI=1S/C21H28N2O4/c1-7-26-20(24)16-14(4)22-19(23(5)6)18(21(25)27-8-2)17(16)15-12-10-9-11-13(15)3/h9-12,16-17H,7-8H2,1-6H3.